The Bertz CT molecular complexity index is 413. The van der Waals surface area contributed by atoms with Crippen LogP contribution in [0.5, 0.6) is 0 Å². The average Bonchev–Trinajstić information content (AvgIpc) is 2.74. The van der Waals surface area contributed by atoms with Crippen LogP contribution in [0.2, 0.25) is 0 Å². The normalized spacial score (nSPS) is 26.7. The van der Waals surface area contributed by atoms with E-state index in [0.717, 1.165) is 0 Å². The Hall–Kier alpha value is -0.560. The predicted molar refractivity (Wildman–Crippen MR) is 73.0 cm³/mol. The van der Waals surface area contributed by atoms with E-state index in [1.165, 1.54) is 43.2 Å². The van der Waals surface area contributed by atoms with Crippen LogP contribution in [0.4, 0.5) is 0 Å². The molecule has 0 aliphatic heterocycles. The molecule has 0 nitrogen and oxygen atoms in total. The Morgan fingerprint density at radius 2 is 1.81 bits per heavy atom. The summed E-state index contributed by atoms with van der Waals surface area (Å²) in [5.41, 5.74) is 2.93. The molecular formula is C15H17Br. The zero-order chi connectivity index (χ0) is 11.0. The van der Waals surface area contributed by atoms with Crippen LogP contribution in [-0.2, 0) is 0 Å². The largest absolute Gasteiger partial charge is 0.0843 e. The minimum absolute atomic E-state index is 0.328. The first-order valence-electron chi connectivity index (χ1n) is 6.26. The van der Waals surface area contributed by atoms with Crippen LogP contribution in [0.1, 0.15) is 49.1 Å². The summed E-state index contributed by atoms with van der Waals surface area (Å²) >= 11 is 4.04. The van der Waals surface area contributed by atoms with E-state index in [1.807, 2.05) is 0 Å². The van der Waals surface area contributed by atoms with Gasteiger partial charge >= 0.3 is 0 Å². The molecular weight excluding hydrogens is 260 g/mol. The quantitative estimate of drug-likeness (QED) is 0.641. The van der Waals surface area contributed by atoms with E-state index < -0.39 is 0 Å². The Morgan fingerprint density at radius 1 is 1.06 bits per heavy atom. The molecule has 0 heterocycles. The number of hydrogen-bond donors (Lipinski definition) is 0. The number of benzene rings is 1. The molecule has 0 bridgehead atoms. The van der Waals surface area contributed by atoms with Crippen LogP contribution in [0.15, 0.2) is 30.3 Å². The SMILES string of the molecule is BrC1(C2C=Cc3ccccc32)CCCCC1. The Balaban J connectivity index is 1.95. The van der Waals surface area contributed by atoms with Crippen molar-refractivity contribution < 1.29 is 0 Å². The molecule has 2 aliphatic carbocycles. The Labute approximate surface area is 106 Å². The zero-order valence-corrected chi connectivity index (χ0v) is 11.0. The van der Waals surface area contributed by atoms with Gasteiger partial charge in [-0.2, -0.15) is 0 Å². The zero-order valence-electron chi connectivity index (χ0n) is 9.45. The van der Waals surface area contributed by atoms with Crippen molar-refractivity contribution in [2.45, 2.75) is 42.3 Å². The molecule has 0 saturated heterocycles. The molecule has 1 atom stereocenters. The number of allylic oxidation sites excluding steroid dienone is 1. The first-order valence-corrected chi connectivity index (χ1v) is 7.05. The second kappa shape index (κ2) is 4.03. The maximum Gasteiger partial charge on any atom is 0.0361 e. The second-order valence-electron chi connectivity index (χ2n) is 5.06. The molecule has 0 N–H and O–H groups in total. The molecule has 3 rings (SSSR count). The maximum atomic E-state index is 4.04. The van der Waals surface area contributed by atoms with E-state index in [4.69, 9.17) is 0 Å². The van der Waals surface area contributed by atoms with Crippen molar-refractivity contribution in [2.24, 2.45) is 0 Å². The lowest BCUT2D eigenvalue weighted by Gasteiger charge is -2.37. The fraction of sp³-hybridized carbons (Fsp3) is 0.467. The van der Waals surface area contributed by atoms with Crippen molar-refractivity contribution in [3.05, 3.63) is 41.5 Å². The molecule has 1 aromatic rings. The van der Waals surface area contributed by atoms with Gasteiger partial charge < -0.3 is 0 Å². The highest BCUT2D eigenvalue weighted by Gasteiger charge is 2.38. The van der Waals surface area contributed by atoms with E-state index in [2.05, 4.69) is 52.3 Å². The first-order chi connectivity index (χ1) is 7.80. The number of hydrogen-bond acceptors (Lipinski definition) is 0. The Kier molecular flexibility index (Phi) is 2.67. The lowest BCUT2D eigenvalue weighted by molar-refractivity contribution is 0.381. The predicted octanol–water partition coefficient (Wildman–Crippen LogP) is 4.89. The van der Waals surface area contributed by atoms with Gasteiger partial charge in [-0.25, -0.2) is 0 Å². The summed E-state index contributed by atoms with van der Waals surface area (Å²) < 4.78 is 0.328. The standard InChI is InChI=1S/C15H17Br/c16-15(10-4-1-5-11-15)14-9-8-12-6-2-3-7-13(12)14/h2-3,6-9,14H,1,4-5,10-11H2. The van der Waals surface area contributed by atoms with Gasteiger partial charge in [0, 0.05) is 10.2 Å². The molecule has 1 aromatic carbocycles. The summed E-state index contributed by atoms with van der Waals surface area (Å²) in [7, 11) is 0. The van der Waals surface area contributed by atoms with Gasteiger partial charge in [-0.15, -0.1) is 0 Å². The van der Waals surface area contributed by atoms with Gasteiger partial charge in [-0.3, -0.25) is 0 Å². The van der Waals surface area contributed by atoms with E-state index in [1.54, 1.807) is 0 Å². The highest BCUT2D eigenvalue weighted by molar-refractivity contribution is 9.10. The van der Waals surface area contributed by atoms with Crippen molar-refractivity contribution in [2.75, 3.05) is 0 Å². The van der Waals surface area contributed by atoms with Gasteiger partial charge in [0.05, 0.1) is 0 Å². The van der Waals surface area contributed by atoms with Crippen LogP contribution in [0.3, 0.4) is 0 Å². The molecule has 84 valence electrons. The third kappa shape index (κ3) is 1.66. The summed E-state index contributed by atoms with van der Waals surface area (Å²) in [4.78, 5) is 0. The molecule has 1 fully saturated rings. The highest BCUT2D eigenvalue weighted by Crippen LogP contribution is 2.50. The smallest absolute Gasteiger partial charge is 0.0361 e. The molecule has 0 amide bonds. The topological polar surface area (TPSA) is 0 Å². The monoisotopic (exact) mass is 276 g/mol. The summed E-state index contributed by atoms with van der Waals surface area (Å²) in [5, 5.41) is 0. The van der Waals surface area contributed by atoms with Crippen LogP contribution in [0, 0.1) is 0 Å². The lowest BCUT2D eigenvalue weighted by atomic mass is 9.77. The van der Waals surface area contributed by atoms with Crippen molar-refractivity contribution in [3.8, 4) is 0 Å². The molecule has 16 heavy (non-hydrogen) atoms. The number of alkyl halides is 1. The minimum atomic E-state index is 0.328. The van der Waals surface area contributed by atoms with E-state index in [0.29, 0.717) is 10.2 Å². The lowest BCUT2D eigenvalue weighted by Crippen LogP contribution is -2.30. The van der Waals surface area contributed by atoms with E-state index >= 15 is 0 Å². The van der Waals surface area contributed by atoms with Crippen LogP contribution < -0.4 is 0 Å². The second-order valence-corrected chi connectivity index (χ2v) is 6.64. The minimum Gasteiger partial charge on any atom is -0.0843 e. The van der Waals surface area contributed by atoms with Crippen LogP contribution in [-0.4, -0.2) is 4.32 Å². The van der Waals surface area contributed by atoms with Gasteiger partial charge in [0.25, 0.3) is 0 Å². The summed E-state index contributed by atoms with van der Waals surface area (Å²) in [6.07, 6.45) is 11.5. The van der Waals surface area contributed by atoms with E-state index in [-0.39, 0.29) is 0 Å². The third-order valence-electron chi connectivity index (χ3n) is 4.04. The molecule has 1 saturated carbocycles. The molecule has 1 heteroatoms. The summed E-state index contributed by atoms with van der Waals surface area (Å²) in [6, 6.07) is 8.81. The van der Waals surface area contributed by atoms with Gasteiger partial charge in [0.2, 0.25) is 0 Å². The van der Waals surface area contributed by atoms with Gasteiger partial charge in [-0.05, 0) is 24.0 Å². The van der Waals surface area contributed by atoms with Gasteiger partial charge in [-0.1, -0.05) is 71.6 Å². The van der Waals surface area contributed by atoms with Crippen molar-refractivity contribution in [1.29, 1.82) is 0 Å². The molecule has 2 aliphatic rings. The summed E-state index contributed by atoms with van der Waals surface area (Å²) in [6.45, 7) is 0. The maximum absolute atomic E-state index is 4.04. The fourth-order valence-electron chi connectivity index (χ4n) is 3.15. The third-order valence-corrected chi connectivity index (χ3v) is 5.33. The van der Waals surface area contributed by atoms with Crippen LogP contribution >= 0.6 is 15.9 Å². The fourth-order valence-corrected chi connectivity index (χ4v) is 4.11. The van der Waals surface area contributed by atoms with Gasteiger partial charge in [0.15, 0.2) is 0 Å². The summed E-state index contributed by atoms with van der Waals surface area (Å²) in [5.74, 6) is 0.587. The highest BCUT2D eigenvalue weighted by atomic mass is 79.9. The number of fused-ring (bicyclic) bond motifs is 1. The first kappa shape index (κ1) is 10.6. The van der Waals surface area contributed by atoms with Crippen molar-refractivity contribution in [3.63, 3.8) is 0 Å². The number of rotatable bonds is 1. The number of halogens is 1. The van der Waals surface area contributed by atoms with E-state index in [9.17, 15) is 0 Å². The van der Waals surface area contributed by atoms with Gasteiger partial charge in [0.1, 0.15) is 0 Å². The molecule has 0 radical (unpaired) electrons. The molecule has 1 unspecified atom stereocenters. The molecule has 0 aromatic heterocycles. The van der Waals surface area contributed by atoms with Crippen LogP contribution in [0.25, 0.3) is 6.08 Å². The average molecular weight is 277 g/mol. The van der Waals surface area contributed by atoms with Crippen molar-refractivity contribution >= 4 is 22.0 Å². The molecule has 0 spiro atoms. The van der Waals surface area contributed by atoms with Crippen molar-refractivity contribution in [1.82, 2.24) is 0 Å². The Morgan fingerprint density at radius 3 is 2.62 bits per heavy atom.